The van der Waals surface area contributed by atoms with Gasteiger partial charge in [-0.1, -0.05) is 41.7 Å². The zero-order valence-corrected chi connectivity index (χ0v) is 14.8. The predicted molar refractivity (Wildman–Crippen MR) is 98.3 cm³/mol. The summed E-state index contributed by atoms with van der Waals surface area (Å²) in [6.07, 6.45) is 2.56. The molecule has 1 aliphatic rings. The average Bonchev–Trinajstić information content (AvgIpc) is 3.31. The molecule has 1 aliphatic carbocycles. The summed E-state index contributed by atoms with van der Waals surface area (Å²) in [4.78, 5) is 18.0. The first-order valence-electron chi connectivity index (χ1n) is 8.37. The Labute approximate surface area is 145 Å². The van der Waals surface area contributed by atoms with Crippen LogP contribution in [0.2, 0.25) is 0 Å². The quantitative estimate of drug-likeness (QED) is 0.695. The molecule has 0 N–H and O–H groups in total. The Bertz CT molecular complexity index is 992. The van der Waals surface area contributed by atoms with Gasteiger partial charge in [0.25, 0.3) is 5.91 Å². The molecule has 24 heavy (non-hydrogen) atoms. The summed E-state index contributed by atoms with van der Waals surface area (Å²) in [5.74, 6) is 0.580. The van der Waals surface area contributed by atoms with E-state index in [2.05, 4.69) is 34.7 Å². The molecule has 3 nitrogen and oxygen atoms in total. The molecule has 0 aliphatic heterocycles. The van der Waals surface area contributed by atoms with Crippen molar-refractivity contribution in [1.82, 2.24) is 4.57 Å². The molecule has 122 valence electrons. The molecule has 0 spiro atoms. The van der Waals surface area contributed by atoms with Crippen molar-refractivity contribution in [2.24, 2.45) is 10.9 Å². The van der Waals surface area contributed by atoms with Gasteiger partial charge in [0.2, 0.25) is 0 Å². The van der Waals surface area contributed by atoms with Crippen LogP contribution in [0.4, 0.5) is 0 Å². The Morgan fingerprint density at radius 3 is 2.62 bits per heavy atom. The smallest absolute Gasteiger partial charge is 0.279 e. The van der Waals surface area contributed by atoms with Gasteiger partial charge >= 0.3 is 0 Å². The van der Waals surface area contributed by atoms with Crippen molar-refractivity contribution in [3.8, 4) is 0 Å². The van der Waals surface area contributed by atoms with Crippen molar-refractivity contribution in [2.45, 2.75) is 33.2 Å². The van der Waals surface area contributed by atoms with Gasteiger partial charge in [0.05, 0.1) is 10.2 Å². The van der Waals surface area contributed by atoms with E-state index in [4.69, 9.17) is 0 Å². The van der Waals surface area contributed by atoms with Crippen LogP contribution in [0.15, 0.2) is 47.5 Å². The van der Waals surface area contributed by atoms with Crippen molar-refractivity contribution in [3.63, 3.8) is 0 Å². The van der Waals surface area contributed by atoms with E-state index in [0.29, 0.717) is 5.56 Å². The minimum absolute atomic E-state index is 0.151. The summed E-state index contributed by atoms with van der Waals surface area (Å²) >= 11 is 1.61. The van der Waals surface area contributed by atoms with Crippen LogP contribution in [0, 0.1) is 19.8 Å². The van der Waals surface area contributed by atoms with Crippen molar-refractivity contribution in [1.29, 1.82) is 0 Å². The van der Waals surface area contributed by atoms with Crippen LogP contribution in [0.25, 0.3) is 10.2 Å². The Kier molecular flexibility index (Phi) is 3.85. The number of carbonyl (C=O) groups is 1. The molecule has 4 heteroatoms. The maximum Gasteiger partial charge on any atom is 0.279 e. The Hall–Kier alpha value is -2.20. The fourth-order valence-corrected chi connectivity index (χ4v) is 4.20. The average molecular weight is 336 g/mol. The van der Waals surface area contributed by atoms with Crippen LogP contribution in [0.5, 0.6) is 0 Å². The van der Waals surface area contributed by atoms with E-state index in [9.17, 15) is 4.79 Å². The number of amides is 1. The van der Waals surface area contributed by atoms with E-state index in [1.54, 1.807) is 11.3 Å². The molecule has 1 aromatic heterocycles. The highest BCUT2D eigenvalue weighted by molar-refractivity contribution is 7.16. The normalized spacial score (nSPS) is 15.2. The van der Waals surface area contributed by atoms with Gasteiger partial charge in [-0.15, -0.1) is 0 Å². The number of nitrogens with zero attached hydrogens (tertiary/aromatic N) is 2. The molecular formula is C20H20N2OS. The molecule has 0 radical (unpaired) electrons. The highest BCUT2D eigenvalue weighted by Gasteiger charge is 2.24. The molecule has 0 bridgehead atoms. The lowest BCUT2D eigenvalue weighted by Gasteiger charge is -2.06. The summed E-state index contributed by atoms with van der Waals surface area (Å²) < 4.78 is 3.45. The number of para-hydroxylation sites is 1. The predicted octanol–water partition coefficient (Wildman–Crippen LogP) is 4.47. The molecule has 3 aromatic rings. The number of benzene rings is 2. The molecule has 1 amide bonds. The van der Waals surface area contributed by atoms with E-state index in [1.807, 2.05) is 31.2 Å². The van der Waals surface area contributed by atoms with E-state index in [1.165, 1.54) is 28.6 Å². The largest absolute Gasteiger partial charge is 0.316 e. The first-order valence-corrected chi connectivity index (χ1v) is 9.19. The lowest BCUT2D eigenvalue weighted by atomic mass is 10.1. The topological polar surface area (TPSA) is 34.4 Å². The number of hydrogen-bond acceptors (Lipinski definition) is 2. The van der Waals surface area contributed by atoms with Gasteiger partial charge in [-0.2, -0.15) is 4.99 Å². The summed E-state index contributed by atoms with van der Waals surface area (Å²) in [6, 6.07) is 14.0. The summed E-state index contributed by atoms with van der Waals surface area (Å²) in [5, 5.41) is 0. The molecule has 2 aromatic carbocycles. The second-order valence-corrected chi connectivity index (χ2v) is 7.60. The number of thiazole rings is 1. The monoisotopic (exact) mass is 336 g/mol. The lowest BCUT2D eigenvalue weighted by Crippen LogP contribution is -2.18. The number of hydrogen-bond donors (Lipinski definition) is 0. The van der Waals surface area contributed by atoms with Crippen LogP contribution < -0.4 is 4.80 Å². The number of rotatable bonds is 3. The first kappa shape index (κ1) is 15.3. The van der Waals surface area contributed by atoms with Crippen molar-refractivity contribution in [3.05, 3.63) is 64.0 Å². The number of aryl methyl sites for hydroxylation is 2. The van der Waals surface area contributed by atoms with Gasteiger partial charge in [-0.25, -0.2) is 0 Å². The zero-order valence-electron chi connectivity index (χ0n) is 14.0. The Morgan fingerprint density at radius 2 is 1.88 bits per heavy atom. The maximum atomic E-state index is 12.7. The highest BCUT2D eigenvalue weighted by atomic mass is 32.1. The van der Waals surface area contributed by atoms with Crippen molar-refractivity contribution >= 4 is 27.5 Å². The molecule has 0 atom stereocenters. The van der Waals surface area contributed by atoms with E-state index in [0.717, 1.165) is 22.8 Å². The van der Waals surface area contributed by atoms with Crippen molar-refractivity contribution < 1.29 is 4.79 Å². The molecule has 1 saturated carbocycles. The molecule has 0 saturated heterocycles. The minimum atomic E-state index is -0.151. The summed E-state index contributed by atoms with van der Waals surface area (Å²) in [6.45, 7) is 5.05. The van der Waals surface area contributed by atoms with E-state index < -0.39 is 0 Å². The third-order valence-corrected chi connectivity index (χ3v) is 5.66. The SMILES string of the molecule is Cc1ccccc1C(=O)/N=c1/sc2cccc(C)c2n1CC1CC1. The Balaban J connectivity index is 1.87. The molecular weight excluding hydrogens is 316 g/mol. The fourth-order valence-electron chi connectivity index (χ4n) is 3.08. The molecule has 1 fully saturated rings. The minimum Gasteiger partial charge on any atom is -0.316 e. The lowest BCUT2D eigenvalue weighted by molar-refractivity contribution is 0.0997. The zero-order chi connectivity index (χ0) is 16.7. The third kappa shape index (κ3) is 2.82. The van der Waals surface area contributed by atoms with Crippen LogP contribution in [0.1, 0.15) is 34.3 Å². The molecule has 0 unspecified atom stereocenters. The second kappa shape index (κ2) is 6.02. The Morgan fingerprint density at radius 1 is 1.12 bits per heavy atom. The summed E-state index contributed by atoms with van der Waals surface area (Å²) in [5.41, 5.74) is 4.13. The standard InChI is InChI=1S/C20H20N2OS/c1-13-6-3-4-8-16(13)19(23)21-20-22(12-15-10-11-15)18-14(2)7-5-9-17(18)24-20/h3-9,15H,10-12H2,1-2H3/b21-20+. The van der Waals surface area contributed by atoms with Gasteiger partial charge < -0.3 is 4.57 Å². The fraction of sp³-hybridized carbons (Fsp3) is 0.300. The number of fused-ring (bicyclic) bond motifs is 1. The highest BCUT2D eigenvalue weighted by Crippen LogP contribution is 2.32. The number of aromatic nitrogens is 1. The van der Waals surface area contributed by atoms with Gasteiger partial charge in [0, 0.05) is 12.1 Å². The van der Waals surface area contributed by atoms with E-state index >= 15 is 0 Å². The summed E-state index contributed by atoms with van der Waals surface area (Å²) in [7, 11) is 0. The van der Waals surface area contributed by atoms with Gasteiger partial charge in [0.1, 0.15) is 0 Å². The van der Waals surface area contributed by atoms with Crippen LogP contribution in [-0.2, 0) is 6.54 Å². The van der Waals surface area contributed by atoms with Gasteiger partial charge in [-0.05, 0) is 55.9 Å². The van der Waals surface area contributed by atoms with E-state index in [-0.39, 0.29) is 5.91 Å². The van der Waals surface area contributed by atoms with Crippen LogP contribution >= 0.6 is 11.3 Å². The van der Waals surface area contributed by atoms with Crippen LogP contribution in [0.3, 0.4) is 0 Å². The van der Waals surface area contributed by atoms with Gasteiger partial charge in [0.15, 0.2) is 4.80 Å². The number of carbonyl (C=O) groups excluding carboxylic acids is 1. The second-order valence-electron chi connectivity index (χ2n) is 6.59. The van der Waals surface area contributed by atoms with Crippen molar-refractivity contribution in [2.75, 3.05) is 0 Å². The first-order chi connectivity index (χ1) is 11.6. The van der Waals surface area contributed by atoms with Crippen LogP contribution in [-0.4, -0.2) is 10.5 Å². The maximum absolute atomic E-state index is 12.7. The van der Waals surface area contributed by atoms with Gasteiger partial charge in [-0.3, -0.25) is 4.79 Å². The third-order valence-electron chi connectivity index (χ3n) is 4.61. The molecule has 1 heterocycles. The molecule has 4 rings (SSSR count).